The molecule has 2 rings (SSSR count). The average Bonchev–Trinajstić information content (AvgIpc) is 2.65. The molecule has 0 atom stereocenters. The first kappa shape index (κ1) is 20.3. The Labute approximate surface area is 158 Å². The lowest BCUT2D eigenvalue weighted by atomic mass is 10.2. The normalized spacial score (nSPS) is 10.5. The maximum atomic E-state index is 12.5. The van der Waals surface area contributed by atoms with Crippen molar-refractivity contribution in [2.45, 2.75) is 11.8 Å². The van der Waals surface area contributed by atoms with E-state index in [1.165, 1.54) is 33.3 Å². The Balaban J connectivity index is 2.07. The van der Waals surface area contributed by atoms with Gasteiger partial charge in [0.05, 0.1) is 20.8 Å². The van der Waals surface area contributed by atoms with Crippen LogP contribution < -0.4 is 19.5 Å². The van der Waals surface area contributed by atoms with Crippen molar-refractivity contribution in [2.24, 2.45) is 0 Å². The van der Waals surface area contributed by atoms with Gasteiger partial charge in [-0.3, -0.25) is 4.79 Å². The molecular formula is C19H20N2O5S. The first-order valence-corrected chi connectivity index (χ1v) is 9.42. The molecule has 8 heteroatoms. The maximum absolute atomic E-state index is 12.5. The molecule has 0 aliphatic heterocycles. The van der Waals surface area contributed by atoms with Crippen molar-refractivity contribution in [1.29, 1.82) is 0 Å². The Morgan fingerprint density at radius 1 is 1.07 bits per heavy atom. The topological polar surface area (TPSA) is 93.7 Å². The third-order valence-corrected chi connectivity index (χ3v) is 4.87. The number of hydrogen-bond acceptors (Lipinski definition) is 5. The van der Waals surface area contributed by atoms with Crippen molar-refractivity contribution >= 4 is 21.6 Å². The Kier molecular flexibility index (Phi) is 6.82. The Morgan fingerprint density at radius 2 is 1.78 bits per heavy atom. The molecule has 1 amide bonds. The molecule has 27 heavy (non-hydrogen) atoms. The van der Waals surface area contributed by atoms with E-state index in [1.807, 2.05) is 0 Å². The van der Waals surface area contributed by atoms with Gasteiger partial charge in [-0.1, -0.05) is 11.8 Å². The number of rotatable bonds is 6. The molecule has 0 aliphatic rings. The van der Waals surface area contributed by atoms with Crippen LogP contribution in [0.15, 0.2) is 47.4 Å². The van der Waals surface area contributed by atoms with Gasteiger partial charge in [0.1, 0.15) is 16.4 Å². The number of anilines is 1. The summed E-state index contributed by atoms with van der Waals surface area (Å²) >= 11 is 0. The molecule has 0 saturated heterocycles. The van der Waals surface area contributed by atoms with E-state index >= 15 is 0 Å². The maximum Gasteiger partial charge on any atom is 0.245 e. The van der Waals surface area contributed by atoms with Crippen LogP contribution in [0.25, 0.3) is 0 Å². The van der Waals surface area contributed by atoms with Gasteiger partial charge < -0.3 is 14.8 Å². The van der Waals surface area contributed by atoms with Crippen LogP contribution >= 0.6 is 0 Å². The summed E-state index contributed by atoms with van der Waals surface area (Å²) in [5.41, 5.74) is 1.36. The summed E-state index contributed by atoms with van der Waals surface area (Å²) in [5, 5.41) is 2.66. The standard InChI is InChI=1S/C19H20N2O5S/c1-14(22)21-16-8-6-15(7-9-16)5-4-12-20-27(23,24)19-13-17(25-2)10-11-18(19)26-3/h6-11,13,20H,12H2,1-3H3,(H,21,22). The van der Waals surface area contributed by atoms with E-state index in [9.17, 15) is 13.2 Å². The van der Waals surface area contributed by atoms with Crippen LogP contribution in [0, 0.1) is 11.8 Å². The molecule has 2 aromatic carbocycles. The lowest BCUT2D eigenvalue weighted by molar-refractivity contribution is -0.114. The van der Waals surface area contributed by atoms with Gasteiger partial charge in [0, 0.05) is 24.2 Å². The summed E-state index contributed by atoms with van der Waals surface area (Å²) < 4.78 is 37.6. The fraction of sp³-hybridized carbons (Fsp3) is 0.211. The lowest BCUT2D eigenvalue weighted by Crippen LogP contribution is -2.24. The van der Waals surface area contributed by atoms with Crippen LogP contribution in [0.1, 0.15) is 12.5 Å². The Hall–Kier alpha value is -3.02. The summed E-state index contributed by atoms with van der Waals surface area (Å²) in [4.78, 5) is 11.0. The van der Waals surface area contributed by atoms with E-state index in [2.05, 4.69) is 21.9 Å². The zero-order valence-electron chi connectivity index (χ0n) is 15.2. The number of carbonyl (C=O) groups is 1. The zero-order chi connectivity index (χ0) is 19.9. The van der Waals surface area contributed by atoms with E-state index in [-0.39, 0.29) is 23.1 Å². The summed E-state index contributed by atoms with van der Waals surface area (Å²) in [7, 11) is -0.968. The van der Waals surface area contributed by atoms with Crippen LogP contribution in [0.4, 0.5) is 5.69 Å². The van der Waals surface area contributed by atoms with Crippen molar-refractivity contribution in [2.75, 3.05) is 26.1 Å². The summed E-state index contributed by atoms with van der Waals surface area (Å²) in [6.45, 7) is 1.35. The number of methoxy groups -OCH3 is 2. The van der Waals surface area contributed by atoms with Gasteiger partial charge in [-0.05, 0) is 36.4 Å². The Bertz CT molecular complexity index is 973. The highest BCUT2D eigenvalue weighted by molar-refractivity contribution is 7.89. The summed E-state index contributed by atoms with van der Waals surface area (Å²) in [6.07, 6.45) is 0. The minimum absolute atomic E-state index is 0.0224. The number of ether oxygens (including phenoxy) is 2. The van der Waals surface area contributed by atoms with Crippen LogP contribution in [-0.2, 0) is 14.8 Å². The lowest BCUT2D eigenvalue weighted by Gasteiger charge is -2.10. The first-order chi connectivity index (χ1) is 12.9. The Morgan fingerprint density at radius 3 is 2.37 bits per heavy atom. The first-order valence-electron chi connectivity index (χ1n) is 7.94. The smallest absolute Gasteiger partial charge is 0.245 e. The van der Waals surface area contributed by atoms with E-state index < -0.39 is 10.0 Å². The van der Waals surface area contributed by atoms with Crippen LogP contribution in [-0.4, -0.2) is 35.1 Å². The molecule has 0 fully saturated rings. The minimum atomic E-state index is -3.82. The second-order valence-electron chi connectivity index (χ2n) is 5.40. The minimum Gasteiger partial charge on any atom is -0.497 e. The van der Waals surface area contributed by atoms with Crippen molar-refractivity contribution in [1.82, 2.24) is 4.72 Å². The monoisotopic (exact) mass is 388 g/mol. The third-order valence-electron chi connectivity index (χ3n) is 3.45. The summed E-state index contributed by atoms with van der Waals surface area (Å²) in [5.74, 6) is 6.07. The molecule has 0 aliphatic carbocycles. The second kappa shape index (κ2) is 9.07. The predicted octanol–water partition coefficient (Wildman–Crippen LogP) is 1.99. The quantitative estimate of drug-likeness (QED) is 0.738. The molecule has 0 radical (unpaired) electrons. The highest BCUT2D eigenvalue weighted by Gasteiger charge is 2.19. The van der Waals surface area contributed by atoms with Crippen molar-refractivity contribution < 1.29 is 22.7 Å². The predicted molar refractivity (Wildman–Crippen MR) is 102 cm³/mol. The molecule has 0 saturated carbocycles. The number of hydrogen-bond donors (Lipinski definition) is 2. The van der Waals surface area contributed by atoms with Gasteiger partial charge in [0.2, 0.25) is 15.9 Å². The van der Waals surface area contributed by atoms with E-state index in [0.29, 0.717) is 17.0 Å². The molecule has 0 unspecified atom stereocenters. The highest BCUT2D eigenvalue weighted by Crippen LogP contribution is 2.27. The molecule has 0 aromatic heterocycles. The molecule has 7 nitrogen and oxygen atoms in total. The number of carbonyl (C=O) groups excluding carboxylic acids is 1. The van der Waals surface area contributed by atoms with Gasteiger partial charge >= 0.3 is 0 Å². The fourth-order valence-electron chi connectivity index (χ4n) is 2.19. The molecule has 2 aromatic rings. The van der Waals surface area contributed by atoms with Gasteiger partial charge in [-0.25, -0.2) is 8.42 Å². The fourth-order valence-corrected chi connectivity index (χ4v) is 3.29. The molecule has 142 valence electrons. The number of nitrogens with one attached hydrogen (secondary N) is 2. The molecule has 0 heterocycles. The van der Waals surface area contributed by atoms with Crippen molar-refractivity contribution in [3.8, 4) is 23.3 Å². The van der Waals surface area contributed by atoms with Crippen LogP contribution in [0.5, 0.6) is 11.5 Å². The van der Waals surface area contributed by atoms with Gasteiger partial charge in [0.15, 0.2) is 0 Å². The van der Waals surface area contributed by atoms with Crippen molar-refractivity contribution in [3.05, 3.63) is 48.0 Å². The van der Waals surface area contributed by atoms with Gasteiger partial charge in [0.25, 0.3) is 0 Å². The molecular weight excluding hydrogens is 368 g/mol. The highest BCUT2D eigenvalue weighted by atomic mass is 32.2. The van der Waals surface area contributed by atoms with Crippen molar-refractivity contribution in [3.63, 3.8) is 0 Å². The second-order valence-corrected chi connectivity index (χ2v) is 7.14. The number of benzene rings is 2. The molecule has 2 N–H and O–H groups in total. The number of amides is 1. The van der Waals surface area contributed by atoms with Crippen LogP contribution in [0.3, 0.4) is 0 Å². The summed E-state index contributed by atoms with van der Waals surface area (Å²) in [6, 6.07) is 11.4. The van der Waals surface area contributed by atoms with Gasteiger partial charge in [-0.2, -0.15) is 4.72 Å². The van der Waals surface area contributed by atoms with E-state index in [4.69, 9.17) is 9.47 Å². The molecule has 0 spiro atoms. The SMILES string of the molecule is COc1ccc(OC)c(S(=O)(=O)NCC#Cc2ccc(NC(C)=O)cc2)c1. The largest absolute Gasteiger partial charge is 0.497 e. The average molecular weight is 388 g/mol. The van der Waals surface area contributed by atoms with E-state index in [0.717, 1.165) is 0 Å². The van der Waals surface area contributed by atoms with Crippen LogP contribution in [0.2, 0.25) is 0 Å². The number of sulfonamides is 1. The van der Waals surface area contributed by atoms with E-state index in [1.54, 1.807) is 30.3 Å². The van der Waals surface area contributed by atoms with Gasteiger partial charge in [-0.15, -0.1) is 0 Å². The third kappa shape index (κ3) is 5.74. The molecule has 0 bridgehead atoms. The zero-order valence-corrected chi connectivity index (χ0v) is 16.0.